The lowest BCUT2D eigenvalue weighted by Crippen LogP contribution is -2.59. The first-order valence-corrected chi connectivity index (χ1v) is 13.6. The molecule has 1 aliphatic heterocycles. The Morgan fingerprint density at radius 1 is 1.14 bits per heavy atom. The van der Waals surface area contributed by atoms with Gasteiger partial charge in [0.1, 0.15) is 4.83 Å². The quantitative estimate of drug-likeness (QED) is 0.538. The number of benzene rings is 1. The zero-order valence-corrected chi connectivity index (χ0v) is 21.2. The van der Waals surface area contributed by atoms with Crippen molar-refractivity contribution in [1.82, 2.24) is 19.8 Å². The van der Waals surface area contributed by atoms with Crippen LogP contribution in [0.3, 0.4) is 0 Å². The number of thiophene rings is 1. The molecule has 2 aliphatic rings. The minimum Gasteiger partial charge on any atom is -0.379 e. The van der Waals surface area contributed by atoms with Crippen molar-refractivity contribution >= 4 is 27.5 Å². The molecule has 1 aromatic carbocycles. The van der Waals surface area contributed by atoms with Crippen molar-refractivity contribution in [2.24, 2.45) is 0 Å². The first-order chi connectivity index (χ1) is 17.1. The summed E-state index contributed by atoms with van der Waals surface area (Å²) < 4.78 is 7.13. The van der Waals surface area contributed by atoms with E-state index in [0.717, 1.165) is 55.1 Å². The zero-order chi connectivity index (χ0) is 24.3. The average molecular weight is 495 g/mol. The number of rotatable bonds is 7. The molecule has 1 saturated carbocycles. The molecule has 1 amide bonds. The fourth-order valence-electron chi connectivity index (χ4n) is 5.50. The molecule has 0 bridgehead atoms. The van der Waals surface area contributed by atoms with Gasteiger partial charge in [0.25, 0.3) is 5.56 Å². The van der Waals surface area contributed by atoms with Gasteiger partial charge in [0.05, 0.1) is 24.9 Å². The molecular weight excluding hydrogens is 460 g/mol. The van der Waals surface area contributed by atoms with E-state index in [2.05, 4.69) is 15.2 Å². The Bertz CT molecular complexity index is 1220. The van der Waals surface area contributed by atoms with Crippen LogP contribution in [0.5, 0.6) is 0 Å². The Labute approximate surface area is 210 Å². The van der Waals surface area contributed by atoms with Gasteiger partial charge >= 0.3 is 0 Å². The standard InChI is InChI=1S/C27H34N4O3S/c1-20-5-7-21(8-6-20)22-17-35-25-24(22)26(33)30(19-29-25)12-9-23(32)28-18-27(10-3-2-4-11-27)31-13-15-34-16-14-31/h5-8,17,19H,2-4,9-16,18H2,1H3,(H,28,32). The van der Waals surface area contributed by atoms with Gasteiger partial charge in [-0.15, -0.1) is 11.3 Å². The molecule has 0 spiro atoms. The number of morpholine rings is 1. The minimum atomic E-state index is -0.0864. The van der Waals surface area contributed by atoms with E-state index in [0.29, 0.717) is 18.5 Å². The number of amides is 1. The van der Waals surface area contributed by atoms with E-state index in [1.807, 2.05) is 36.6 Å². The van der Waals surface area contributed by atoms with Crippen molar-refractivity contribution in [3.63, 3.8) is 0 Å². The molecule has 35 heavy (non-hydrogen) atoms. The Morgan fingerprint density at radius 3 is 2.63 bits per heavy atom. The largest absolute Gasteiger partial charge is 0.379 e. The van der Waals surface area contributed by atoms with Gasteiger partial charge in [-0.1, -0.05) is 49.1 Å². The Hall–Kier alpha value is -2.55. The number of nitrogens with zero attached hydrogens (tertiary/aromatic N) is 3. The van der Waals surface area contributed by atoms with Crippen LogP contribution in [-0.4, -0.2) is 58.7 Å². The van der Waals surface area contributed by atoms with Crippen LogP contribution in [-0.2, 0) is 16.1 Å². The maximum atomic E-state index is 13.3. The number of fused-ring (bicyclic) bond motifs is 1. The predicted molar refractivity (Wildman–Crippen MR) is 140 cm³/mol. The van der Waals surface area contributed by atoms with E-state index in [-0.39, 0.29) is 23.4 Å². The lowest BCUT2D eigenvalue weighted by atomic mass is 9.79. The Balaban J connectivity index is 1.26. The van der Waals surface area contributed by atoms with Crippen molar-refractivity contribution in [2.45, 2.75) is 57.5 Å². The number of ether oxygens (including phenoxy) is 1. The molecule has 7 nitrogen and oxygen atoms in total. The van der Waals surface area contributed by atoms with Gasteiger partial charge in [0, 0.05) is 49.1 Å². The van der Waals surface area contributed by atoms with Crippen LogP contribution in [0, 0.1) is 6.92 Å². The van der Waals surface area contributed by atoms with E-state index in [1.54, 1.807) is 10.9 Å². The molecule has 0 radical (unpaired) electrons. The molecule has 1 N–H and O–H groups in total. The topological polar surface area (TPSA) is 76.5 Å². The van der Waals surface area contributed by atoms with E-state index >= 15 is 0 Å². The van der Waals surface area contributed by atoms with Gasteiger partial charge in [0.15, 0.2) is 0 Å². The number of nitrogens with one attached hydrogen (secondary N) is 1. The number of hydrogen-bond acceptors (Lipinski definition) is 6. The molecule has 3 heterocycles. The first kappa shape index (κ1) is 24.2. The van der Waals surface area contributed by atoms with Crippen molar-refractivity contribution in [2.75, 3.05) is 32.8 Å². The highest BCUT2D eigenvalue weighted by molar-refractivity contribution is 7.17. The third-order valence-corrected chi connectivity index (χ3v) is 8.47. The second-order valence-corrected chi connectivity index (χ2v) is 10.7. The second-order valence-electron chi connectivity index (χ2n) is 9.85. The van der Waals surface area contributed by atoms with Crippen LogP contribution in [0.25, 0.3) is 21.3 Å². The summed E-state index contributed by atoms with van der Waals surface area (Å²) in [6.45, 7) is 6.43. The van der Waals surface area contributed by atoms with Gasteiger partial charge in [-0.2, -0.15) is 0 Å². The summed E-state index contributed by atoms with van der Waals surface area (Å²) in [6.07, 6.45) is 7.75. The molecule has 1 aliphatic carbocycles. The normalized spacial score (nSPS) is 18.5. The SMILES string of the molecule is Cc1ccc(-c2csc3ncn(CCC(=O)NCC4(N5CCOCC5)CCCCC4)c(=O)c23)cc1. The number of carbonyl (C=O) groups excluding carboxylic acids is 1. The Morgan fingerprint density at radius 2 is 1.89 bits per heavy atom. The van der Waals surface area contributed by atoms with E-state index in [9.17, 15) is 9.59 Å². The molecule has 3 aromatic rings. The van der Waals surface area contributed by atoms with E-state index in [1.165, 1.54) is 36.2 Å². The molecule has 2 aromatic heterocycles. The molecule has 0 unspecified atom stereocenters. The maximum absolute atomic E-state index is 13.3. The van der Waals surface area contributed by atoms with Crippen LogP contribution in [0.4, 0.5) is 0 Å². The smallest absolute Gasteiger partial charge is 0.262 e. The highest BCUT2D eigenvalue weighted by Gasteiger charge is 2.38. The Kier molecular flexibility index (Phi) is 7.32. The highest BCUT2D eigenvalue weighted by atomic mass is 32.1. The van der Waals surface area contributed by atoms with Crippen LogP contribution >= 0.6 is 11.3 Å². The summed E-state index contributed by atoms with van der Waals surface area (Å²) in [5.41, 5.74) is 3.05. The molecular formula is C27H34N4O3S. The fourth-order valence-corrected chi connectivity index (χ4v) is 6.40. The lowest BCUT2D eigenvalue weighted by molar-refractivity contribution is -0.122. The zero-order valence-electron chi connectivity index (χ0n) is 20.4. The van der Waals surface area contributed by atoms with Crippen LogP contribution < -0.4 is 10.9 Å². The third-order valence-electron chi connectivity index (χ3n) is 7.58. The summed E-state index contributed by atoms with van der Waals surface area (Å²) in [5.74, 6) is -0.0146. The van der Waals surface area contributed by atoms with Gasteiger partial charge in [-0.05, 0) is 25.3 Å². The van der Waals surface area contributed by atoms with E-state index in [4.69, 9.17) is 4.74 Å². The lowest BCUT2D eigenvalue weighted by Gasteiger charge is -2.48. The van der Waals surface area contributed by atoms with Crippen LogP contribution in [0.15, 0.2) is 40.8 Å². The molecule has 5 rings (SSSR count). The summed E-state index contributed by atoms with van der Waals surface area (Å²) in [6, 6.07) is 8.18. The van der Waals surface area contributed by atoms with Crippen molar-refractivity contribution in [3.05, 3.63) is 51.9 Å². The minimum absolute atomic E-state index is 0.0146. The molecule has 186 valence electrons. The van der Waals surface area contributed by atoms with E-state index < -0.39 is 0 Å². The summed E-state index contributed by atoms with van der Waals surface area (Å²) in [7, 11) is 0. The summed E-state index contributed by atoms with van der Waals surface area (Å²) in [5, 5.41) is 5.83. The van der Waals surface area contributed by atoms with Crippen molar-refractivity contribution < 1.29 is 9.53 Å². The number of hydrogen-bond donors (Lipinski definition) is 1. The first-order valence-electron chi connectivity index (χ1n) is 12.7. The third kappa shape index (κ3) is 5.20. The van der Waals surface area contributed by atoms with Crippen molar-refractivity contribution in [1.29, 1.82) is 0 Å². The number of carbonyl (C=O) groups is 1. The van der Waals surface area contributed by atoms with Crippen LogP contribution in [0.1, 0.15) is 44.1 Å². The molecule has 1 saturated heterocycles. The second kappa shape index (κ2) is 10.6. The van der Waals surface area contributed by atoms with Crippen LogP contribution in [0.2, 0.25) is 0 Å². The molecule has 0 atom stereocenters. The molecule has 8 heteroatoms. The van der Waals surface area contributed by atoms with Crippen molar-refractivity contribution in [3.8, 4) is 11.1 Å². The highest BCUT2D eigenvalue weighted by Crippen LogP contribution is 2.34. The monoisotopic (exact) mass is 494 g/mol. The maximum Gasteiger partial charge on any atom is 0.262 e. The molecule has 2 fully saturated rings. The average Bonchev–Trinajstić information content (AvgIpc) is 3.34. The summed E-state index contributed by atoms with van der Waals surface area (Å²) >= 11 is 1.48. The van der Waals surface area contributed by atoms with Gasteiger partial charge in [-0.3, -0.25) is 19.1 Å². The van der Waals surface area contributed by atoms with Gasteiger partial charge in [0.2, 0.25) is 5.91 Å². The number of aromatic nitrogens is 2. The van der Waals surface area contributed by atoms with Gasteiger partial charge < -0.3 is 10.1 Å². The predicted octanol–water partition coefficient (Wildman–Crippen LogP) is 3.97. The number of aryl methyl sites for hydroxylation is 2. The van der Waals surface area contributed by atoms with Gasteiger partial charge in [-0.25, -0.2) is 4.98 Å². The summed E-state index contributed by atoms with van der Waals surface area (Å²) in [4.78, 5) is 33.9. The fraction of sp³-hybridized carbons (Fsp3) is 0.519.